The van der Waals surface area contributed by atoms with Crippen molar-refractivity contribution in [2.75, 3.05) is 5.32 Å². The summed E-state index contributed by atoms with van der Waals surface area (Å²) in [4.78, 5) is 16.2. The van der Waals surface area contributed by atoms with Gasteiger partial charge in [-0.2, -0.15) is 10.2 Å². The Morgan fingerprint density at radius 1 is 1.37 bits per heavy atom. The zero-order valence-corrected chi connectivity index (χ0v) is 11.0. The van der Waals surface area contributed by atoms with Crippen molar-refractivity contribution in [2.45, 2.75) is 19.9 Å². The van der Waals surface area contributed by atoms with Crippen LogP contribution in [0.25, 0.3) is 0 Å². The smallest absolute Gasteiger partial charge is 0.224 e. The van der Waals surface area contributed by atoms with E-state index in [0.29, 0.717) is 12.5 Å². The topological polar surface area (TPSA) is 87.4 Å². The second kappa shape index (κ2) is 6.07. The fourth-order valence-electron chi connectivity index (χ4n) is 1.55. The lowest BCUT2D eigenvalue weighted by atomic mass is 10.2. The molecule has 0 saturated carbocycles. The van der Waals surface area contributed by atoms with Gasteiger partial charge in [0, 0.05) is 24.0 Å². The molecule has 0 amide bonds. The number of halogens is 1. The highest BCUT2D eigenvalue weighted by Gasteiger charge is 2.06. The van der Waals surface area contributed by atoms with Crippen molar-refractivity contribution in [3.05, 3.63) is 40.7 Å². The molecule has 0 aliphatic rings. The molecule has 2 aromatic heterocycles. The van der Waals surface area contributed by atoms with E-state index in [1.54, 1.807) is 6.20 Å². The van der Waals surface area contributed by atoms with Crippen molar-refractivity contribution in [3.8, 4) is 6.07 Å². The lowest BCUT2D eigenvalue weighted by Gasteiger charge is -2.07. The molecule has 7 heteroatoms. The van der Waals surface area contributed by atoms with Crippen LogP contribution < -0.4 is 5.32 Å². The molecule has 0 unspecified atom stereocenters. The van der Waals surface area contributed by atoms with Gasteiger partial charge in [-0.3, -0.25) is 0 Å². The molecule has 0 aliphatic carbocycles. The van der Waals surface area contributed by atoms with Crippen LogP contribution in [-0.4, -0.2) is 19.9 Å². The fraction of sp³-hybridized carbons (Fsp3) is 0.250. The Morgan fingerprint density at radius 2 is 2.21 bits per heavy atom. The van der Waals surface area contributed by atoms with Gasteiger partial charge in [-0.25, -0.2) is 15.0 Å². The van der Waals surface area contributed by atoms with Gasteiger partial charge >= 0.3 is 0 Å². The van der Waals surface area contributed by atoms with Crippen LogP contribution in [-0.2, 0) is 13.0 Å². The number of hydrogen-bond acceptors (Lipinski definition) is 6. The Balaban J connectivity index is 2.11. The van der Waals surface area contributed by atoms with Crippen LogP contribution >= 0.6 is 11.6 Å². The maximum Gasteiger partial charge on any atom is 0.224 e. The van der Waals surface area contributed by atoms with Crippen molar-refractivity contribution in [1.29, 1.82) is 5.26 Å². The summed E-state index contributed by atoms with van der Waals surface area (Å²) in [6, 6.07) is 1.91. The van der Waals surface area contributed by atoms with E-state index in [1.165, 1.54) is 12.5 Å². The van der Waals surface area contributed by atoms with E-state index >= 15 is 0 Å². The number of hydrogen-bond donors (Lipinski definition) is 1. The van der Waals surface area contributed by atoms with Crippen LogP contribution in [0.4, 0.5) is 5.95 Å². The number of rotatable bonds is 4. The van der Waals surface area contributed by atoms with E-state index in [1.807, 2.05) is 13.0 Å². The third-order valence-corrected chi connectivity index (χ3v) is 2.80. The number of nitriles is 1. The van der Waals surface area contributed by atoms with E-state index < -0.39 is 0 Å². The zero-order valence-electron chi connectivity index (χ0n) is 10.3. The second-order valence-electron chi connectivity index (χ2n) is 3.71. The third kappa shape index (κ3) is 3.14. The first-order chi connectivity index (χ1) is 9.24. The standard InChI is InChI=1S/C12H11ClN6/c1-2-10-9(4-15-7-18-10)6-17-12-16-5-8(3-14)11(13)19-12/h4-5,7H,2,6H2,1H3,(H,16,17,19). The maximum absolute atomic E-state index is 8.73. The van der Waals surface area contributed by atoms with Crippen LogP contribution in [0.5, 0.6) is 0 Å². The highest BCUT2D eigenvalue weighted by atomic mass is 35.5. The van der Waals surface area contributed by atoms with Gasteiger partial charge in [0.05, 0.1) is 6.20 Å². The summed E-state index contributed by atoms with van der Waals surface area (Å²) < 4.78 is 0. The quantitative estimate of drug-likeness (QED) is 0.858. The van der Waals surface area contributed by atoms with Gasteiger partial charge in [0.1, 0.15) is 18.0 Å². The monoisotopic (exact) mass is 274 g/mol. The molecule has 2 aromatic rings. The summed E-state index contributed by atoms with van der Waals surface area (Å²) >= 11 is 5.83. The minimum atomic E-state index is 0.139. The second-order valence-corrected chi connectivity index (χ2v) is 4.07. The van der Waals surface area contributed by atoms with Gasteiger partial charge in [0.25, 0.3) is 0 Å². The van der Waals surface area contributed by atoms with E-state index in [-0.39, 0.29) is 10.7 Å². The highest BCUT2D eigenvalue weighted by molar-refractivity contribution is 6.30. The minimum Gasteiger partial charge on any atom is -0.350 e. The molecule has 2 heterocycles. The summed E-state index contributed by atoms with van der Waals surface area (Å²) in [5.74, 6) is 0.370. The molecular formula is C12H11ClN6. The molecule has 1 N–H and O–H groups in total. The molecule has 0 spiro atoms. The number of aromatic nitrogens is 4. The minimum absolute atomic E-state index is 0.139. The van der Waals surface area contributed by atoms with E-state index in [4.69, 9.17) is 16.9 Å². The van der Waals surface area contributed by atoms with Gasteiger partial charge in [-0.1, -0.05) is 18.5 Å². The average molecular weight is 275 g/mol. The molecule has 2 rings (SSSR count). The summed E-state index contributed by atoms with van der Waals surface area (Å²) in [6.07, 6.45) is 5.50. The molecule has 0 aliphatic heterocycles. The van der Waals surface area contributed by atoms with Crippen molar-refractivity contribution < 1.29 is 0 Å². The predicted octanol–water partition coefficient (Wildman–Crippen LogP) is 1.97. The summed E-state index contributed by atoms with van der Waals surface area (Å²) in [5.41, 5.74) is 2.21. The largest absolute Gasteiger partial charge is 0.350 e. The van der Waals surface area contributed by atoms with E-state index in [2.05, 4.69) is 25.3 Å². The normalized spacial score (nSPS) is 9.95. The van der Waals surface area contributed by atoms with Crippen LogP contribution in [0.3, 0.4) is 0 Å². The Hall–Kier alpha value is -2.26. The van der Waals surface area contributed by atoms with Gasteiger partial charge in [-0.15, -0.1) is 0 Å². The molecule has 6 nitrogen and oxygen atoms in total. The number of aryl methyl sites for hydroxylation is 1. The maximum atomic E-state index is 8.73. The lowest BCUT2D eigenvalue weighted by Crippen LogP contribution is -2.07. The van der Waals surface area contributed by atoms with Gasteiger partial charge in [0.15, 0.2) is 5.15 Å². The lowest BCUT2D eigenvalue weighted by molar-refractivity contribution is 0.924. The fourth-order valence-corrected chi connectivity index (χ4v) is 1.72. The molecule has 0 radical (unpaired) electrons. The van der Waals surface area contributed by atoms with Gasteiger partial charge < -0.3 is 5.32 Å². The molecule has 0 bridgehead atoms. The van der Waals surface area contributed by atoms with Crippen molar-refractivity contribution >= 4 is 17.5 Å². The Kier molecular flexibility index (Phi) is 4.21. The highest BCUT2D eigenvalue weighted by Crippen LogP contribution is 2.13. The number of nitrogens with zero attached hydrogens (tertiary/aromatic N) is 5. The van der Waals surface area contributed by atoms with Crippen LogP contribution in [0, 0.1) is 11.3 Å². The van der Waals surface area contributed by atoms with Gasteiger partial charge in [0.2, 0.25) is 5.95 Å². The number of anilines is 1. The number of nitrogens with one attached hydrogen (secondary N) is 1. The van der Waals surface area contributed by atoms with Gasteiger partial charge in [-0.05, 0) is 6.42 Å². The molecule has 0 atom stereocenters. The van der Waals surface area contributed by atoms with Crippen LogP contribution in [0.2, 0.25) is 5.15 Å². The molecule has 96 valence electrons. The predicted molar refractivity (Wildman–Crippen MR) is 70.5 cm³/mol. The van der Waals surface area contributed by atoms with Crippen molar-refractivity contribution in [3.63, 3.8) is 0 Å². The SMILES string of the molecule is CCc1ncncc1CNc1ncc(C#N)c(Cl)n1. The Labute approximate surface area is 115 Å². The molecule has 19 heavy (non-hydrogen) atoms. The van der Waals surface area contributed by atoms with Crippen LogP contribution in [0.1, 0.15) is 23.7 Å². The average Bonchev–Trinajstić information content (AvgIpc) is 2.45. The Morgan fingerprint density at radius 3 is 2.89 bits per heavy atom. The molecular weight excluding hydrogens is 264 g/mol. The first kappa shape index (κ1) is 13.2. The third-order valence-electron chi connectivity index (χ3n) is 2.52. The zero-order chi connectivity index (χ0) is 13.7. The molecule has 0 saturated heterocycles. The van der Waals surface area contributed by atoms with E-state index in [9.17, 15) is 0 Å². The van der Waals surface area contributed by atoms with Crippen molar-refractivity contribution in [1.82, 2.24) is 19.9 Å². The summed E-state index contributed by atoms with van der Waals surface area (Å²) in [5, 5.41) is 11.9. The first-order valence-electron chi connectivity index (χ1n) is 5.68. The molecule has 0 fully saturated rings. The summed E-state index contributed by atoms with van der Waals surface area (Å²) in [7, 11) is 0. The van der Waals surface area contributed by atoms with Crippen molar-refractivity contribution in [2.24, 2.45) is 0 Å². The summed E-state index contributed by atoms with van der Waals surface area (Å²) in [6.45, 7) is 2.53. The first-order valence-corrected chi connectivity index (χ1v) is 6.06. The molecule has 0 aromatic carbocycles. The van der Waals surface area contributed by atoms with Crippen LogP contribution in [0.15, 0.2) is 18.7 Å². The Bertz CT molecular complexity index is 622. The van der Waals surface area contributed by atoms with E-state index in [0.717, 1.165) is 17.7 Å².